The molecule has 1 N–H and O–H groups in total. The Balaban J connectivity index is 0.00000200. The van der Waals surface area contributed by atoms with Crippen LogP contribution in [0.25, 0.3) is 0 Å². The Kier molecular flexibility index (Phi) is 6.86. The zero-order valence-corrected chi connectivity index (χ0v) is 13.9. The second-order valence-electron chi connectivity index (χ2n) is 5.06. The highest BCUT2D eigenvalue weighted by Gasteiger charge is 2.24. The zero-order chi connectivity index (χ0) is 13.8. The molecular formula is C15H23ClN2OS. The molecule has 1 unspecified atom stereocenters. The topological polar surface area (TPSA) is 32.3 Å². The summed E-state index contributed by atoms with van der Waals surface area (Å²) >= 11 is 1.68. The molecule has 0 aromatic heterocycles. The monoisotopic (exact) mass is 314 g/mol. The first-order valence-electron chi connectivity index (χ1n) is 6.77. The highest BCUT2D eigenvalue weighted by Crippen LogP contribution is 2.21. The molecule has 1 aromatic rings. The highest BCUT2D eigenvalue weighted by atomic mass is 35.5. The van der Waals surface area contributed by atoms with Gasteiger partial charge in [-0.3, -0.25) is 4.79 Å². The number of nitrogens with one attached hydrogen (secondary N) is 1. The number of carbonyl (C=O) groups excluding carboxylic acids is 1. The van der Waals surface area contributed by atoms with E-state index in [1.165, 1.54) is 0 Å². The lowest BCUT2D eigenvalue weighted by atomic mass is 10.0. The van der Waals surface area contributed by atoms with Gasteiger partial charge < -0.3 is 10.2 Å². The van der Waals surface area contributed by atoms with Crippen molar-refractivity contribution in [3.8, 4) is 0 Å². The maximum Gasteiger partial charge on any atom is 0.254 e. The summed E-state index contributed by atoms with van der Waals surface area (Å²) in [5, 5.41) is 3.28. The van der Waals surface area contributed by atoms with Crippen LogP contribution in [0.3, 0.4) is 0 Å². The molecule has 1 atom stereocenters. The molecule has 0 bridgehead atoms. The molecule has 1 aromatic carbocycles. The summed E-state index contributed by atoms with van der Waals surface area (Å²) in [6.07, 6.45) is 4.28. The van der Waals surface area contributed by atoms with E-state index in [9.17, 15) is 4.79 Å². The first-order chi connectivity index (χ1) is 9.15. The summed E-state index contributed by atoms with van der Waals surface area (Å²) < 4.78 is 0. The summed E-state index contributed by atoms with van der Waals surface area (Å²) in [7, 11) is 1.97. The molecule has 5 heteroatoms. The van der Waals surface area contributed by atoms with Gasteiger partial charge in [0.05, 0.1) is 0 Å². The van der Waals surface area contributed by atoms with Crippen LogP contribution in [0, 0.1) is 6.92 Å². The first-order valence-corrected chi connectivity index (χ1v) is 7.99. The Morgan fingerprint density at radius 2 is 2.20 bits per heavy atom. The Hall–Kier alpha value is -0.710. The fraction of sp³-hybridized carbons (Fsp3) is 0.533. The fourth-order valence-electron chi connectivity index (χ4n) is 2.53. The number of hydrogen-bond donors (Lipinski definition) is 1. The van der Waals surface area contributed by atoms with Gasteiger partial charge in [0, 0.05) is 29.6 Å². The Labute approximate surface area is 131 Å². The molecule has 112 valence electrons. The summed E-state index contributed by atoms with van der Waals surface area (Å²) in [6.45, 7) is 3.70. The van der Waals surface area contributed by atoms with Crippen LogP contribution in [0.5, 0.6) is 0 Å². The van der Waals surface area contributed by atoms with Crippen LogP contribution in [0.1, 0.15) is 28.8 Å². The second-order valence-corrected chi connectivity index (χ2v) is 5.94. The van der Waals surface area contributed by atoms with Crippen LogP contribution in [0.4, 0.5) is 0 Å². The summed E-state index contributed by atoms with van der Waals surface area (Å²) in [4.78, 5) is 15.8. The van der Waals surface area contributed by atoms with Crippen LogP contribution in [-0.2, 0) is 0 Å². The molecule has 0 radical (unpaired) electrons. The first kappa shape index (κ1) is 17.3. The smallest absolute Gasteiger partial charge is 0.254 e. The number of rotatable bonds is 3. The number of carbonyl (C=O) groups is 1. The van der Waals surface area contributed by atoms with Crippen molar-refractivity contribution in [2.24, 2.45) is 0 Å². The number of piperidine rings is 1. The molecule has 0 saturated carbocycles. The summed E-state index contributed by atoms with van der Waals surface area (Å²) in [6, 6.07) is 6.56. The molecule has 0 aliphatic carbocycles. The molecule has 1 aliphatic rings. The normalized spacial score (nSPS) is 18.6. The molecule has 3 nitrogen and oxygen atoms in total. The predicted octanol–water partition coefficient (Wildman–Crippen LogP) is 2.96. The molecular weight excluding hydrogens is 292 g/mol. The van der Waals surface area contributed by atoms with Crippen LogP contribution in [0.2, 0.25) is 0 Å². The van der Waals surface area contributed by atoms with Gasteiger partial charge in [0.25, 0.3) is 5.91 Å². The average Bonchev–Trinajstić information content (AvgIpc) is 2.47. The third kappa shape index (κ3) is 3.90. The Bertz CT molecular complexity index is 467. The van der Waals surface area contributed by atoms with Crippen molar-refractivity contribution in [2.45, 2.75) is 30.7 Å². The lowest BCUT2D eigenvalue weighted by Crippen LogP contribution is -2.47. The Morgan fingerprint density at radius 1 is 1.45 bits per heavy atom. The van der Waals surface area contributed by atoms with E-state index in [-0.39, 0.29) is 18.3 Å². The molecule has 1 fully saturated rings. The van der Waals surface area contributed by atoms with E-state index >= 15 is 0 Å². The number of hydrogen-bond acceptors (Lipinski definition) is 3. The molecule has 20 heavy (non-hydrogen) atoms. The van der Waals surface area contributed by atoms with Gasteiger partial charge in [0.1, 0.15) is 0 Å². The molecule has 2 rings (SSSR count). The summed E-state index contributed by atoms with van der Waals surface area (Å²) in [5.74, 6) is 0.174. The average molecular weight is 315 g/mol. The minimum Gasteiger partial charge on any atom is -0.337 e. The molecule has 0 spiro atoms. The maximum atomic E-state index is 12.6. The van der Waals surface area contributed by atoms with Gasteiger partial charge in [-0.2, -0.15) is 0 Å². The zero-order valence-electron chi connectivity index (χ0n) is 12.3. The van der Waals surface area contributed by atoms with Gasteiger partial charge in [-0.15, -0.1) is 24.2 Å². The molecule has 1 amide bonds. The van der Waals surface area contributed by atoms with E-state index in [0.717, 1.165) is 42.0 Å². The van der Waals surface area contributed by atoms with Crippen LogP contribution < -0.4 is 5.32 Å². The standard InChI is InChI=1S/C15H22N2OS.ClH/c1-11-6-7-13(19-3)9-14(11)15(18)17-8-4-5-12(10-17)16-2;/h6-7,9,12,16H,4-5,8,10H2,1-3H3;1H. The van der Waals surface area contributed by atoms with Gasteiger partial charge >= 0.3 is 0 Å². The third-order valence-electron chi connectivity index (χ3n) is 3.79. The van der Waals surface area contributed by atoms with Crippen molar-refractivity contribution in [3.63, 3.8) is 0 Å². The number of amides is 1. The van der Waals surface area contributed by atoms with E-state index in [0.29, 0.717) is 6.04 Å². The van der Waals surface area contributed by atoms with Crippen molar-refractivity contribution in [2.75, 3.05) is 26.4 Å². The van der Waals surface area contributed by atoms with Gasteiger partial charge in [-0.05, 0) is 50.8 Å². The fourth-order valence-corrected chi connectivity index (χ4v) is 2.97. The van der Waals surface area contributed by atoms with Crippen molar-refractivity contribution >= 4 is 30.1 Å². The van der Waals surface area contributed by atoms with Crippen LogP contribution >= 0.6 is 24.2 Å². The SMILES string of the molecule is CNC1CCCN(C(=O)c2cc(SC)ccc2C)C1.Cl. The minimum atomic E-state index is 0. The largest absolute Gasteiger partial charge is 0.337 e. The van der Waals surface area contributed by atoms with Gasteiger partial charge in [-0.25, -0.2) is 0 Å². The third-order valence-corrected chi connectivity index (χ3v) is 4.52. The Morgan fingerprint density at radius 3 is 2.85 bits per heavy atom. The lowest BCUT2D eigenvalue weighted by Gasteiger charge is -2.33. The van der Waals surface area contributed by atoms with Gasteiger partial charge in [-0.1, -0.05) is 6.07 Å². The molecule has 1 aliphatic heterocycles. The van der Waals surface area contributed by atoms with E-state index in [4.69, 9.17) is 0 Å². The van der Waals surface area contributed by atoms with Gasteiger partial charge in [0.2, 0.25) is 0 Å². The number of aryl methyl sites for hydroxylation is 1. The van der Waals surface area contributed by atoms with Gasteiger partial charge in [0.15, 0.2) is 0 Å². The van der Waals surface area contributed by atoms with Crippen LogP contribution in [-0.4, -0.2) is 43.2 Å². The van der Waals surface area contributed by atoms with Crippen molar-refractivity contribution in [3.05, 3.63) is 29.3 Å². The molecule has 1 saturated heterocycles. The lowest BCUT2D eigenvalue weighted by molar-refractivity contribution is 0.0697. The number of nitrogens with zero attached hydrogens (tertiary/aromatic N) is 1. The summed E-state index contributed by atoms with van der Waals surface area (Å²) in [5.41, 5.74) is 1.91. The maximum absolute atomic E-state index is 12.6. The van der Waals surface area contributed by atoms with E-state index in [2.05, 4.69) is 11.4 Å². The highest BCUT2D eigenvalue weighted by molar-refractivity contribution is 7.98. The predicted molar refractivity (Wildman–Crippen MR) is 88.2 cm³/mol. The molecule has 1 heterocycles. The van der Waals surface area contributed by atoms with E-state index < -0.39 is 0 Å². The number of halogens is 1. The number of likely N-dealkylation sites (N-methyl/N-ethyl adjacent to an activating group) is 1. The van der Waals surface area contributed by atoms with Crippen molar-refractivity contribution in [1.82, 2.24) is 10.2 Å². The van der Waals surface area contributed by atoms with Crippen LogP contribution in [0.15, 0.2) is 23.1 Å². The van der Waals surface area contributed by atoms with E-state index in [1.54, 1.807) is 11.8 Å². The second kappa shape index (κ2) is 7.91. The van der Waals surface area contributed by atoms with Crippen molar-refractivity contribution < 1.29 is 4.79 Å². The number of likely N-dealkylation sites (tertiary alicyclic amines) is 1. The van der Waals surface area contributed by atoms with E-state index in [1.807, 2.05) is 37.3 Å². The quantitative estimate of drug-likeness (QED) is 0.871. The van der Waals surface area contributed by atoms with Crippen molar-refractivity contribution in [1.29, 1.82) is 0 Å². The number of benzene rings is 1. The minimum absolute atomic E-state index is 0. The number of thioether (sulfide) groups is 1.